The van der Waals surface area contributed by atoms with Crippen LogP contribution in [0.5, 0.6) is 5.88 Å². The Morgan fingerprint density at radius 3 is 2.80 bits per heavy atom. The van der Waals surface area contributed by atoms with Gasteiger partial charge in [-0.05, 0) is 38.3 Å². The van der Waals surface area contributed by atoms with Crippen LogP contribution in [-0.4, -0.2) is 25.6 Å². The Labute approximate surface area is 146 Å². The first-order chi connectivity index (χ1) is 12.2. The van der Waals surface area contributed by atoms with Crippen LogP contribution in [0.3, 0.4) is 0 Å². The summed E-state index contributed by atoms with van der Waals surface area (Å²) in [6.45, 7) is 4.64. The molecule has 2 heterocycles. The molecule has 0 aliphatic heterocycles. The van der Waals surface area contributed by atoms with Gasteiger partial charge in [0.05, 0.1) is 6.33 Å². The Bertz CT molecular complexity index is 900. The second kappa shape index (κ2) is 6.33. The predicted molar refractivity (Wildman–Crippen MR) is 97.0 cm³/mol. The summed E-state index contributed by atoms with van der Waals surface area (Å²) < 4.78 is 8.00. The summed E-state index contributed by atoms with van der Waals surface area (Å²) in [5.41, 5.74) is 9.21. The number of fused-ring (bicyclic) bond motifs is 1. The van der Waals surface area contributed by atoms with Crippen molar-refractivity contribution in [3.63, 3.8) is 0 Å². The zero-order valence-electron chi connectivity index (χ0n) is 14.4. The fourth-order valence-corrected chi connectivity index (χ4v) is 2.69. The van der Waals surface area contributed by atoms with Gasteiger partial charge in [-0.25, -0.2) is 4.98 Å². The first-order valence-electron chi connectivity index (χ1n) is 8.62. The molecule has 25 heavy (non-hydrogen) atoms. The molecule has 0 atom stereocenters. The molecule has 0 amide bonds. The third-order valence-corrected chi connectivity index (χ3v) is 4.23. The zero-order chi connectivity index (χ0) is 17.4. The van der Waals surface area contributed by atoms with Crippen molar-refractivity contribution in [3.8, 4) is 5.88 Å². The van der Waals surface area contributed by atoms with Crippen LogP contribution in [0.1, 0.15) is 38.3 Å². The summed E-state index contributed by atoms with van der Waals surface area (Å²) in [4.78, 5) is 13.7. The van der Waals surface area contributed by atoms with Gasteiger partial charge in [0, 0.05) is 18.3 Å². The zero-order valence-corrected chi connectivity index (χ0v) is 14.4. The summed E-state index contributed by atoms with van der Waals surface area (Å²) >= 11 is 0. The molecule has 1 saturated carbocycles. The lowest BCUT2D eigenvalue weighted by atomic mass is 10.2. The van der Waals surface area contributed by atoms with E-state index in [9.17, 15) is 0 Å². The molecular formula is C18H22N6O. The molecule has 3 aromatic rings. The molecule has 1 aromatic carbocycles. The summed E-state index contributed by atoms with van der Waals surface area (Å²) in [7, 11) is 0. The van der Waals surface area contributed by atoms with Gasteiger partial charge in [0.25, 0.3) is 0 Å². The lowest BCUT2D eigenvalue weighted by Crippen LogP contribution is -2.08. The third kappa shape index (κ3) is 3.15. The van der Waals surface area contributed by atoms with Crippen LogP contribution in [-0.2, 0) is 6.54 Å². The maximum atomic E-state index is 5.97. The van der Waals surface area contributed by atoms with Gasteiger partial charge in [-0.3, -0.25) is 0 Å². The highest BCUT2D eigenvalue weighted by Gasteiger charge is 2.27. The van der Waals surface area contributed by atoms with E-state index in [0.717, 1.165) is 29.7 Å². The van der Waals surface area contributed by atoms with Crippen molar-refractivity contribution >= 4 is 22.8 Å². The van der Waals surface area contributed by atoms with Crippen LogP contribution in [0.25, 0.3) is 11.2 Å². The number of nitrogens with zero attached hydrogens (tertiary/aromatic N) is 4. The number of benzene rings is 1. The molecule has 7 heteroatoms. The lowest BCUT2D eigenvalue weighted by Gasteiger charge is -2.13. The van der Waals surface area contributed by atoms with Crippen LogP contribution in [0.15, 0.2) is 30.6 Å². The molecule has 0 bridgehead atoms. The van der Waals surface area contributed by atoms with Gasteiger partial charge < -0.3 is 20.4 Å². The Morgan fingerprint density at radius 1 is 1.28 bits per heavy atom. The van der Waals surface area contributed by atoms with E-state index in [4.69, 9.17) is 10.5 Å². The standard InChI is InChI=1S/C18H22N6O/c1-11(2)24-10-20-15-16(24)22-18(23-17(15)25-13-7-8-13)21-14-6-4-3-5-12(14)9-19/h3-6,10-11,13H,7-9,19H2,1-2H3,(H,21,22,23). The number of aromatic nitrogens is 4. The number of hydrogen-bond acceptors (Lipinski definition) is 6. The molecule has 1 fully saturated rings. The van der Waals surface area contributed by atoms with E-state index in [1.54, 1.807) is 6.33 Å². The van der Waals surface area contributed by atoms with E-state index in [0.29, 0.717) is 23.9 Å². The van der Waals surface area contributed by atoms with Gasteiger partial charge in [0.1, 0.15) is 6.10 Å². The number of nitrogens with two attached hydrogens (primary N) is 1. The molecule has 2 aromatic heterocycles. The molecule has 0 unspecified atom stereocenters. The lowest BCUT2D eigenvalue weighted by molar-refractivity contribution is 0.294. The molecule has 0 saturated heterocycles. The minimum atomic E-state index is 0.242. The van der Waals surface area contributed by atoms with E-state index >= 15 is 0 Å². The highest BCUT2D eigenvalue weighted by Crippen LogP contribution is 2.32. The number of nitrogens with one attached hydrogen (secondary N) is 1. The maximum Gasteiger partial charge on any atom is 0.247 e. The number of para-hydroxylation sites is 1. The number of imidazole rings is 1. The number of hydrogen-bond donors (Lipinski definition) is 2. The molecule has 4 rings (SSSR count). The quantitative estimate of drug-likeness (QED) is 0.717. The minimum Gasteiger partial charge on any atom is -0.473 e. The van der Waals surface area contributed by atoms with E-state index in [1.165, 1.54) is 0 Å². The van der Waals surface area contributed by atoms with Gasteiger partial charge in [0.2, 0.25) is 11.8 Å². The van der Waals surface area contributed by atoms with E-state index in [1.807, 2.05) is 28.8 Å². The predicted octanol–water partition coefficient (Wildman–Crippen LogP) is 3.15. The Kier molecular flexibility index (Phi) is 4.01. The Balaban J connectivity index is 1.78. The molecule has 3 N–H and O–H groups in total. The molecule has 130 valence electrons. The smallest absolute Gasteiger partial charge is 0.247 e. The van der Waals surface area contributed by atoms with Gasteiger partial charge >= 0.3 is 0 Å². The van der Waals surface area contributed by atoms with E-state index < -0.39 is 0 Å². The van der Waals surface area contributed by atoms with Crippen molar-refractivity contribution in [1.29, 1.82) is 0 Å². The highest BCUT2D eigenvalue weighted by atomic mass is 16.5. The molecule has 0 spiro atoms. The summed E-state index contributed by atoms with van der Waals surface area (Å²) in [5, 5.41) is 3.28. The largest absolute Gasteiger partial charge is 0.473 e. The van der Waals surface area contributed by atoms with Crippen molar-refractivity contribution in [2.24, 2.45) is 5.73 Å². The van der Waals surface area contributed by atoms with Gasteiger partial charge in [0.15, 0.2) is 11.2 Å². The monoisotopic (exact) mass is 338 g/mol. The third-order valence-electron chi connectivity index (χ3n) is 4.23. The van der Waals surface area contributed by atoms with Crippen molar-refractivity contribution in [1.82, 2.24) is 19.5 Å². The first-order valence-corrected chi connectivity index (χ1v) is 8.62. The van der Waals surface area contributed by atoms with Crippen LogP contribution in [0.2, 0.25) is 0 Å². The average Bonchev–Trinajstić information content (AvgIpc) is 3.31. The molecular weight excluding hydrogens is 316 g/mol. The van der Waals surface area contributed by atoms with Crippen LogP contribution < -0.4 is 15.8 Å². The normalized spacial score (nSPS) is 14.2. The molecule has 1 aliphatic carbocycles. The topological polar surface area (TPSA) is 90.9 Å². The van der Waals surface area contributed by atoms with E-state index in [2.05, 4.69) is 34.1 Å². The van der Waals surface area contributed by atoms with Crippen LogP contribution >= 0.6 is 0 Å². The molecule has 1 aliphatic rings. The van der Waals surface area contributed by atoms with Crippen LogP contribution in [0.4, 0.5) is 11.6 Å². The Morgan fingerprint density at radius 2 is 2.08 bits per heavy atom. The van der Waals surface area contributed by atoms with E-state index in [-0.39, 0.29) is 12.1 Å². The molecule has 0 radical (unpaired) electrons. The molecule has 7 nitrogen and oxygen atoms in total. The summed E-state index contributed by atoms with van der Waals surface area (Å²) in [6, 6.07) is 8.13. The second-order valence-electron chi connectivity index (χ2n) is 6.57. The average molecular weight is 338 g/mol. The van der Waals surface area contributed by atoms with Gasteiger partial charge in [-0.1, -0.05) is 18.2 Å². The van der Waals surface area contributed by atoms with Gasteiger partial charge in [-0.2, -0.15) is 9.97 Å². The van der Waals surface area contributed by atoms with Crippen molar-refractivity contribution in [3.05, 3.63) is 36.2 Å². The summed E-state index contributed by atoms with van der Waals surface area (Å²) in [6.07, 6.45) is 4.16. The van der Waals surface area contributed by atoms with Crippen LogP contribution in [0, 0.1) is 0 Å². The Hall–Kier alpha value is -2.67. The van der Waals surface area contributed by atoms with Crippen molar-refractivity contribution in [2.45, 2.75) is 45.4 Å². The highest BCUT2D eigenvalue weighted by molar-refractivity contribution is 5.78. The van der Waals surface area contributed by atoms with Crippen molar-refractivity contribution < 1.29 is 4.74 Å². The fraction of sp³-hybridized carbons (Fsp3) is 0.389. The summed E-state index contributed by atoms with van der Waals surface area (Å²) in [5.74, 6) is 1.03. The van der Waals surface area contributed by atoms with Gasteiger partial charge in [-0.15, -0.1) is 0 Å². The number of ether oxygens (including phenoxy) is 1. The minimum absolute atomic E-state index is 0.242. The van der Waals surface area contributed by atoms with Crippen molar-refractivity contribution in [2.75, 3.05) is 5.32 Å². The fourth-order valence-electron chi connectivity index (χ4n) is 2.69. The first kappa shape index (κ1) is 15.8. The second-order valence-corrected chi connectivity index (χ2v) is 6.57. The maximum absolute atomic E-state index is 5.97. The SMILES string of the molecule is CC(C)n1cnc2c(OC3CC3)nc(Nc3ccccc3CN)nc21. The number of anilines is 2. The number of rotatable bonds is 6.